The van der Waals surface area contributed by atoms with Crippen molar-refractivity contribution < 1.29 is 9.90 Å². The number of halogens is 2. The lowest BCUT2D eigenvalue weighted by molar-refractivity contribution is -0.138. The number of carboxylic acids is 1. The van der Waals surface area contributed by atoms with E-state index in [1.165, 1.54) is 12.3 Å². The van der Waals surface area contributed by atoms with Gasteiger partial charge in [0, 0.05) is 23.3 Å². The lowest BCUT2D eigenvalue weighted by Gasteiger charge is -2.10. The third-order valence-electron chi connectivity index (χ3n) is 1.76. The molecule has 3 N–H and O–H groups in total. The summed E-state index contributed by atoms with van der Waals surface area (Å²) in [6, 6.07) is 1.39. The summed E-state index contributed by atoms with van der Waals surface area (Å²) in [7, 11) is 0. The average Bonchev–Trinajstić information content (AvgIpc) is 2.09. The molecule has 0 bridgehead atoms. The minimum atomic E-state index is -1.03. The van der Waals surface area contributed by atoms with E-state index in [2.05, 4.69) is 4.98 Å². The second kappa shape index (κ2) is 4.59. The van der Waals surface area contributed by atoms with Crippen LogP contribution in [0.1, 0.15) is 11.5 Å². The lowest BCUT2D eigenvalue weighted by atomic mass is 10.0. The van der Waals surface area contributed by atoms with Crippen molar-refractivity contribution in [3.8, 4) is 0 Å². The SMILES string of the molecule is NCC(C(=O)O)c1cnc(Cl)cc1Cl. The Kier molecular flexibility index (Phi) is 3.69. The van der Waals surface area contributed by atoms with Crippen LogP contribution < -0.4 is 5.73 Å². The van der Waals surface area contributed by atoms with Crippen molar-refractivity contribution >= 4 is 29.2 Å². The molecular weight excluding hydrogens is 227 g/mol. The number of aromatic nitrogens is 1. The minimum Gasteiger partial charge on any atom is -0.481 e. The zero-order chi connectivity index (χ0) is 10.7. The molecule has 1 atom stereocenters. The number of carbonyl (C=O) groups is 1. The van der Waals surface area contributed by atoms with Gasteiger partial charge in [-0.2, -0.15) is 0 Å². The highest BCUT2D eigenvalue weighted by molar-refractivity contribution is 6.34. The topological polar surface area (TPSA) is 76.2 Å². The van der Waals surface area contributed by atoms with E-state index in [0.717, 1.165) is 0 Å². The largest absolute Gasteiger partial charge is 0.481 e. The predicted molar refractivity (Wildman–Crippen MR) is 53.7 cm³/mol. The summed E-state index contributed by atoms with van der Waals surface area (Å²) in [6.07, 6.45) is 1.33. The number of rotatable bonds is 3. The first-order chi connectivity index (χ1) is 6.56. The molecular formula is C8H8Cl2N2O2. The normalized spacial score (nSPS) is 12.5. The third-order valence-corrected chi connectivity index (χ3v) is 2.29. The molecule has 0 aliphatic carbocycles. The Morgan fingerprint density at radius 1 is 1.64 bits per heavy atom. The lowest BCUT2D eigenvalue weighted by Crippen LogP contribution is -2.21. The molecule has 76 valence electrons. The van der Waals surface area contributed by atoms with Crippen molar-refractivity contribution in [2.45, 2.75) is 5.92 Å². The van der Waals surface area contributed by atoms with Crippen molar-refractivity contribution in [2.24, 2.45) is 5.73 Å². The monoisotopic (exact) mass is 234 g/mol. The summed E-state index contributed by atoms with van der Waals surface area (Å²) >= 11 is 11.4. The maximum atomic E-state index is 10.8. The van der Waals surface area contributed by atoms with Gasteiger partial charge in [-0.3, -0.25) is 4.79 Å². The van der Waals surface area contributed by atoms with Crippen molar-refractivity contribution in [2.75, 3.05) is 6.54 Å². The zero-order valence-corrected chi connectivity index (χ0v) is 8.59. The van der Waals surface area contributed by atoms with Crippen LogP contribution in [-0.2, 0) is 4.79 Å². The van der Waals surface area contributed by atoms with Crippen molar-refractivity contribution in [1.82, 2.24) is 4.98 Å². The van der Waals surface area contributed by atoms with E-state index in [1.54, 1.807) is 0 Å². The number of hydrogen-bond acceptors (Lipinski definition) is 3. The molecule has 14 heavy (non-hydrogen) atoms. The average molecular weight is 235 g/mol. The van der Waals surface area contributed by atoms with Gasteiger partial charge in [0.25, 0.3) is 0 Å². The molecule has 0 spiro atoms. The first kappa shape index (κ1) is 11.2. The summed E-state index contributed by atoms with van der Waals surface area (Å²) < 4.78 is 0. The molecule has 1 aromatic rings. The fourth-order valence-electron chi connectivity index (χ4n) is 1.04. The summed E-state index contributed by atoms with van der Waals surface area (Å²) in [5.74, 6) is -1.87. The molecule has 1 aromatic heterocycles. The Balaban J connectivity index is 3.10. The Labute approximate surface area is 90.6 Å². The van der Waals surface area contributed by atoms with Gasteiger partial charge in [0.2, 0.25) is 0 Å². The van der Waals surface area contributed by atoms with E-state index in [0.29, 0.717) is 5.56 Å². The Morgan fingerprint density at radius 2 is 2.29 bits per heavy atom. The highest BCUT2D eigenvalue weighted by Crippen LogP contribution is 2.25. The van der Waals surface area contributed by atoms with Crippen molar-refractivity contribution in [3.05, 3.63) is 28.0 Å². The molecule has 0 amide bonds. The van der Waals surface area contributed by atoms with E-state index in [9.17, 15) is 4.79 Å². The predicted octanol–water partition coefficient (Wildman–Crippen LogP) is 1.52. The van der Waals surface area contributed by atoms with Crippen LogP contribution in [0.5, 0.6) is 0 Å². The number of hydrogen-bond donors (Lipinski definition) is 2. The van der Waals surface area contributed by atoms with Gasteiger partial charge in [0.1, 0.15) is 5.15 Å². The van der Waals surface area contributed by atoms with Crippen LogP contribution in [0.25, 0.3) is 0 Å². The van der Waals surface area contributed by atoms with Gasteiger partial charge >= 0.3 is 5.97 Å². The molecule has 0 saturated heterocycles. The van der Waals surface area contributed by atoms with Crippen LogP contribution in [0, 0.1) is 0 Å². The highest BCUT2D eigenvalue weighted by atomic mass is 35.5. The molecule has 0 fully saturated rings. The minimum absolute atomic E-state index is 0.0294. The fraction of sp³-hybridized carbons (Fsp3) is 0.250. The van der Waals surface area contributed by atoms with Gasteiger partial charge in [0.15, 0.2) is 0 Å². The molecule has 0 radical (unpaired) electrons. The Hall–Kier alpha value is -0.840. The smallest absolute Gasteiger partial charge is 0.312 e. The number of carboxylic acid groups (broad SMARTS) is 1. The molecule has 1 heterocycles. The van der Waals surface area contributed by atoms with Gasteiger partial charge in [0.05, 0.1) is 5.92 Å². The van der Waals surface area contributed by atoms with E-state index in [1.807, 2.05) is 0 Å². The Morgan fingerprint density at radius 3 is 2.71 bits per heavy atom. The highest BCUT2D eigenvalue weighted by Gasteiger charge is 2.21. The molecule has 0 aliphatic heterocycles. The van der Waals surface area contributed by atoms with Crippen LogP contribution in [-0.4, -0.2) is 22.6 Å². The Bertz CT molecular complexity index is 357. The number of aliphatic carboxylic acids is 1. The standard InChI is InChI=1S/C8H8Cl2N2O2/c9-6-1-7(10)12-3-5(6)4(2-11)8(13)14/h1,3-4H,2,11H2,(H,13,14). The first-order valence-electron chi connectivity index (χ1n) is 3.80. The zero-order valence-electron chi connectivity index (χ0n) is 7.08. The number of nitrogens with two attached hydrogens (primary N) is 1. The molecule has 0 aliphatic rings. The molecule has 1 unspecified atom stereocenters. The van der Waals surface area contributed by atoms with Crippen LogP contribution in [0.3, 0.4) is 0 Å². The van der Waals surface area contributed by atoms with Crippen LogP contribution >= 0.6 is 23.2 Å². The van der Waals surface area contributed by atoms with Crippen LogP contribution in [0.15, 0.2) is 12.3 Å². The van der Waals surface area contributed by atoms with E-state index < -0.39 is 11.9 Å². The molecule has 0 aromatic carbocycles. The number of nitrogens with zero attached hydrogens (tertiary/aromatic N) is 1. The van der Waals surface area contributed by atoms with Crippen LogP contribution in [0.2, 0.25) is 10.2 Å². The van der Waals surface area contributed by atoms with E-state index in [4.69, 9.17) is 34.0 Å². The van der Waals surface area contributed by atoms with E-state index in [-0.39, 0.29) is 16.7 Å². The molecule has 0 saturated carbocycles. The van der Waals surface area contributed by atoms with Gasteiger partial charge in [-0.25, -0.2) is 4.98 Å². The van der Waals surface area contributed by atoms with Gasteiger partial charge in [-0.05, 0) is 6.07 Å². The van der Waals surface area contributed by atoms with Gasteiger partial charge in [-0.1, -0.05) is 23.2 Å². The molecule has 6 heteroatoms. The first-order valence-corrected chi connectivity index (χ1v) is 4.55. The van der Waals surface area contributed by atoms with Crippen molar-refractivity contribution in [3.63, 3.8) is 0 Å². The summed E-state index contributed by atoms with van der Waals surface area (Å²) in [4.78, 5) is 14.5. The van der Waals surface area contributed by atoms with Crippen LogP contribution in [0.4, 0.5) is 0 Å². The number of pyridine rings is 1. The van der Waals surface area contributed by atoms with Gasteiger partial charge in [-0.15, -0.1) is 0 Å². The summed E-state index contributed by atoms with van der Waals surface area (Å²) in [6.45, 7) is -0.0294. The fourth-order valence-corrected chi connectivity index (χ4v) is 1.53. The molecule has 4 nitrogen and oxygen atoms in total. The quantitative estimate of drug-likeness (QED) is 0.778. The third kappa shape index (κ3) is 2.35. The summed E-state index contributed by atoms with van der Waals surface area (Å²) in [5, 5.41) is 9.31. The second-order valence-electron chi connectivity index (χ2n) is 2.66. The maximum Gasteiger partial charge on any atom is 0.312 e. The van der Waals surface area contributed by atoms with Gasteiger partial charge < -0.3 is 10.8 Å². The maximum absolute atomic E-state index is 10.8. The molecule has 1 rings (SSSR count). The van der Waals surface area contributed by atoms with Crippen molar-refractivity contribution in [1.29, 1.82) is 0 Å². The second-order valence-corrected chi connectivity index (χ2v) is 3.45. The van der Waals surface area contributed by atoms with E-state index >= 15 is 0 Å². The summed E-state index contributed by atoms with van der Waals surface area (Å²) in [5.41, 5.74) is 5.69.